The van der Waals surface area contributed by atoms with Crippen molar-refractivity contribution in [3.63, 3.8) is 0 Å². The third kappa shape index (κ3) is 1.81. The van der Waals surface area contributed by atoms with Crippen LogP contribution in [0.5, 0.6) is 0 Å². The van der Waals surface area contributed by atoms with Crippen molar-refractivity contribution >= 4 is 11.7 Å². The highest BCUT2D eigenvalue weighted by molar-refractivity contribution is 5.91. The molecule has 4 heteroatoms. The minimum Gasteiger partial charge on any atom is -0.338 e. The molecule has 1 heterocycles. The van der Waals surface area contributed by atoms with Crippen molar-refractivity contribution in [1.29, 1.82) is 0 Å². The van der Waals surface area contributed by atoms with Crippen molar-refractivity contribution in [2.75, 3.05) is 7.05 Å². The molecular formula is C19H26FNO2. The molecule has 0 aromatic rings. The van der Waals surface area contributed by atoms with Gasteiger partial charge in [-0.2, -0.15) is 0 Å². The molecule has 0 unspecified atom stereocenters. The maximum atomic E-state index is 14.1. The minimum absolute atomic E-state index is 0.0373. The number of carbonyl (C=O) groups excluding carboxylic acids is 2. The molecule has 0 radical (unpaired) electrons. The van der Waals surface area contributed by atoms with E-state index in [0.717, 1.165) is 25.7 Å². The molecule has 3 aliphatic carbocycles. The van der Waals surface area contributed by atoms with Gasteiger partial charge in [0, 0.05) is 23.9 Å². The Morgan fingerprint density at radius 1 is 1.17 bits per heavy atom. The predicted octanol–water partition coefficient (Wildman–Crippen LogP) is 3.14. The lowest BCUT2D eigenvalue weighted by atomic mass is 9.48. The van der Waals surface area contributed by atoms with Gasteiger partial charge in [-0.15, -0.1) is 0 Å². The summed E-state index contributed by atoms with van der Waals surface area (Å²) in [4.78, 5) is 26.3. The van der Waals surface area contributed by atoms with Crippen LogP contribution in [0.25, 0.3) is 0 Å². The number of nitrogens with zero attached hydrogens (tertiary/aromatic N) is 1. The van der Waals surface area contributed by atoms with Crippen LogP contribution >= 0.6 is 0 Å². The summed E-state index contributed by atoms with van der Waals surface area (Å²) in [5, 5.41) is 0. The largest absolute Gasteiger partial charge is 0.338 e. The van der Waals surface area contributed by atoms with Gasteiger partial charge in [0.1, 0.15) is 0 Å². The second-order valence-electron chi connectivity index (χ2n) is 8.64. The van der Waals surface area contributed by atoms with Gasteiger partial charge in [0.15, 0.2) is 12.0 Å². The quantitative estimate of drug-likeness (QED) is 0.688. The van der Waals surface area contributed by atoms with Gasteiger partial charge in [0.05, 0.1) is 0 Å². The molecular weight excluding hydrogens is 293 g/mol. The van der Waals surface area contributed by atoms with Crippen LogP contribution in [0.3, 0.4) is 0 Å². The van der Waals surface area contributed by atoms with Gasteiger partial charge >= 0.3 is 0 Å². The molecule has 0 saturated heterocycles. The number of halogens is 1. The Hall–Kier alpha value is -1.19. The molecule has 0 N–H and O–H groups in total. The first-order valence-corrected chi connectivity index (χ1v) is 8.93. The fourth-order valence-corrected chi connectivity index (χ4v) is 6.49. The number of fused-ring (bicyclic) bond motifs is 5. The molecule has 23 heavy (non-hydrogen) atoms. The predicted molar refractivity (Wildman–Crippen MR) is 85.4 cm³/mol. The Morgan fingerprint density at radius 3 is 2.65 bits per heavy atom. The van der Waals surface area contributed by atoms with Crippen LogP contribution in [-0.4, -0.2) is 35.9 Å². The normalized spacial score (nSPS) is 52.2. The van der Waals surface area contributed by atoms with Crippen molar-refractivity contribution in [1.82, 2.24) is 4.90 Å². The summed E-state index contributed by atoms with van der Waals surface area (Å²) in [5.41, 5.74) is -0.492. The number of alkyl halides is 1. The summed E-state index contributed by atoms with van der Waals surface area (Å²) in [6.07, 6.45) is 6.71. The highest BCUT2D eigenvalue weighted by Crippen LogP contribution is 2.63. The lowest BCUT2D eigenvalue weighted by Crippen LogP contribution is -2.59. The van der Waals surface area contributed by atoms with Gasteiger partial charge in [-0.05, 0) is 55.9 Å². The minimum atomic E-state index is -1.26. The number of rotatable bonds is 0. The fraction of sp³-hybridized carbons (Fsp3) is 0.789. The molecule has 3 nitrogen and oxygen atoms in total. The Bertz CT molecular complexity index is 602. The Morgan fingerprint density at radius 2 is 1.91 bits per heavy atom. The van der Waals surface area contributed by atoms with Gasteiger partial charge in [-0.1, -0.05) is 19.9 Å². The molecule has 0 bridgehead atoms. The smallest absolute Gasteiger partial charge is 0.246 e. The third-order valence-corrected chi connectivity index (χ3v) is 7.83. The van der Waals surface area contributed by atoms with Crippen molar-refractivity contribution < 1.29 is 14.0 Å². The lowest BCUT2D eigenvalue weighted by molar-refractivity contribution is -0.142. The van der Waals surface area contributed by atoms with Gasteiger partial charge in [0.2, 0.25) is 5.91 Å². The maximum Gasteiger partial charge on any atom is 0.246 e. The Balaban J connectivity index is 1.71. The molecule has 1 amide bonds. The molecule has 3 fully saturated rings. The molecule has 0 aromatic carbocycles. The summed E-state index contributed by atoms with van der Waals surface area (Å²) in [5.74, 6) is 0.971. The van der Waals surface area contributed by atoms with E-state index in [1.165, 1.54) is 0 Å². The highest BCUT2D eigenvalue weighted by atomic mass is 19.1. The van der Waals surface area contributed by atoms with E-state index in [1.807, 2.05) is 18.9 Å². The molecule has 126 valence electrons. The first-order chi connectivity index (χ1) is 10.8. The molecule has 3 saturated carbocycles. The average molecular weight is 319 g/mol. The average Bonchev–Trinajstić information content (AvgIpc) is 2.75. The summed E-state index contributed by atoms with van der Waals surface area (Å²) in [7, 11) is 1.90. The number of hydrogen-bond acceptors (Lipinski definition) is 2. The van der Waals surface area contributed by atoms with E-state index < -0.39 is 11.6 Å². The van der Waals surface area contributed by atoms with E-state index in [-0.39, 0.29) is 29.1 Å². The number of carbonyl (C=O) groups is 2. The van der Waals surface area contributed by atoms with Gasteiger partial charge in [-0.25, -0.2) is 4.39 Å². The molecule has 4 rings (SSSR count). The highest BCUT2D eigenvalue weighted by Gasteiger charge is 2.62. The maximum absolute atomic E-state index is 14.1. The van der Waals surface area contributed by atoms with Crippen molar-refractivity contribution in [3.05, 3.63) is 12.2 Å². The molecule has 1 aliphatic heterocycles. The van der Waals surface area contributed by atoms with E-state index in [1.54, 1.807) is 6.08 Å². The molecule has 4 aliphatic rings. The fourth-order valence-electron chi connectivity index (χ4n) is 6.49. The SMILES string of the molecule is CN1C(=O)C=C[C@]2(C)[C@H]3CC[C@]4(C)C(=O)[C@@H](F)C[C@H]4[C@@H]3CC[C@@H]12. The summed E-state index contributed by atoms with van der Waals surface area (Å²) >= 11 is 0. The molecule has 0 aromatic heterocycles. The zero-order valence-electron chi connectivity index (χ0n) is 14.2. The molecule has 7 atom stereocenters. The monoisotopic (exact) mass is 319 g/mol. The number of amides is 1. The first kappa shape index (κ1) is 15.3. The Kier molecular flexibility index (Phi) is 3.12. The first-order valence-electron chi connectivity index (χ1n) is 8.93. The summed E-state index contributed by atoms with van der Waals surface area (Å²) < 4.78 is 14.1. The lowest BCUT2D eigenvalue weighted by Gasteiger charge is -2.59. The van der Waals surface area contributed by atoms with Crippen LogP contribution in [0, 0.1) is 28.6 Å². The van der Waals surface area contributed by atoms with E-state index in [0.29, 0.717) is 18.3 Å². The van der Waals surface area contributed by atoms with Crippen LogP contribution in [-0.2, 0) is 9.59 Å². The van der Waals surface area contributed by atoms with Crippen LogP contribution in [0.15, 0.2) is 12.2 Å². The Labute approximate surface area is 137 Å². The van der Waals surface area contributed by atoms with Crippen molar-refractivity contribution in [2.45, 2.75) is 58.2 Å². The zero-order chi connectivity index (χ0) is 16.6. The van der Waals surface area contributed by atoms with Crippen molar-refractivity contribution in [2.24, 2.45) is 28.6 Å². The third-order valence-electron chi connectivity index (χ3n) is 7.83. The van der Waals surface area contributed by atoms with E-state index in [4.69, 9.17) is 0 Å². The van der Waals surface area contributed by atoms with E-state index >= 15 is 0 Å². The van der Waals surface area contributed by atoms with Gasteiger partial charge in [0.25, 0.3) is 0 Å². The summed E-state index contributed by atoms with van der Waals surface area (Å²) in [6.45, 7) is 4.26. The van der Waals surface area contributed by atoms with Crippen LogP contribution in [0.1, 0.15) is 46.0 Å². The van der Waals surface area contributed by atoms with Crippen LogP contribution < -0.4 is 0 Å². The number of Topliss-reactive ketones (excluding diaryl/α,β-unsaturated/α-hetero) is 1. The topological polar surface area (TPSA) is 37.4 Å². The number of ketones is 1. The number of hydrogen-bond donors (Lipinski definition) is 0. The van der Waals surface area contributed by atoms with Gasteiger partial charge in [-0.3, -0.25) is 9.59 Å². The molecule has 0 spiro atoms. The van der Waals surface area contributed by atoms with Gasteiger partial charge < -0.3 is 4.90 Å². The van der Waals surface area contributed by atoms with E-state index in [2.05, 4.69) is 13.0 Å². The van der Waals surface area contributed by atoms with Crippen LogP contribution in [0.2, 0.25) is 0 Å². The van der Waals surface area contributed by atoms with Crippen LogP contribution in [0.4, 0.5) is 4.39 Å². The van der Waals surface area contributed by atoms with E-state index in [9.17, 15) is 14.0 Å². The standard InChI is InChI=1S/C19H26FNO2/c1-18-9-7-16(22)21(3)15(18)5-4-11-12(18)6-8-19(2)13(11)10-14(20)17(19)23/h7,9,11-15H,4-6,8,10H2,1-3H3/t11-,12+,13+,14+,15-,18-,19+/m1/s1. The zero-order valence-corrected chi connectivity index (χ0v) is 14.2. The second-order valence-corrected chi connectivity index (χ2v) is 8.64. The van der Waals surface area contributed by atoms with Crippen molar-refractivity contribution in [3.8, 4) is 0 Å². The number of likely N-dealkylation sites (N-methyl/N-ethyl adjacent to an activating group) is 1. The summed E-state index contributed by atoms with van der Waals surface area (Å²) in [6, 6.07) is 0.240. The second kappa shape index (κ2) is 4.67.